The van der Waals surface area contributed by atoms with Gasteiger partial charge < -0.3 is 15.0 Å². The molecule has 1 atom stereocenters. The van der Waals surface area contributed by atoms with E-state index in [4.69, 9.17) is 4.74 Å². The third-order valence-corrected chi connectivity index (χ3v) is 5.65. The molecule has 0 saturated carbocycles. The van der Waals surface area contributed by atoms with Gasteiger partial charge in [-0.2, -0.15) is 13.2 Å². The van der Waals surface area contributed by atoms with Gasteiger partial charge in [0.05, 0.1) is 24.8 Å². The van der Waals surface area contributed by atoms with Crippen LogP contribution in [0.3, 0.4) is 0 Å². The molecule has 1 aliphatic rings. The number of aromatic amines is 1. The van der Waals surface area contributed by atoms with Crippen LogP contribution in [-0.2, 0) is 22.1 Å². The number of nitrogens with one attached hydrogen (secondary N) is 2. The summed E-state index contributed by atoms with van der Waals surface area (Å²) in [4.78, 5) is 34.4. The van der Waals surface area contributed by atoms with Gasteiger partial charge in [0.2, 0.25) is 11.9 Å². The van der Waals surface area contributed by atoms with Crippen molar-refractivity contribution in [2.75, 3.05) is 31.2 Å². The van der Waals surface area contributed by atoms with Crippen LogP contribution in [0.15, 0.2) is 29.1 Å². The van der Waals surface area contributed by atoms with E-state index in [1.54, 1.807) is 13.0 Å². The first-order valence-electron chi connectivity index (χ1n) is 11.1. The first kappa shape index (κ1) is 24.8. The van der Waals surface area contributed by atoms with Gasteiger partial charge in [-0.1, -0.05) is 25.5 Å². The molecule has 2 heterocycles. The maximum absolute atomic E-state index is 13.1. The number of rotatable bonds is 8. The summed E-state index contributed by atoms with van der Waals surface area (Å²) in [5, 5.41) is 2.82. The second kappa shape index (κ2) is 10.8. The Hall–Kier alpha value is -2.88. The average molecular weight is 467 g/mol. The van der Waals surface area contributed by atoms with Gasteiger partial charge in [-0.3, -0.25) is 14.6 Å². The number of carbonyl (C=O) groups excluding carboxylic acids is 1. The standard InChI is InChI=1S/C23H29F3N4O3/c1-3-5-19(16-6-4-7-17(14-16)23(24,25)26)28-20(31)9-8-18-15(2)27-22(29-21(18)32)30-10-12-33-13-11-30/h4,6-7,14,19H,3,5,8-13H2,1-2H3,(H,28,31)(H,27,29,32). The van der Waals surface area contributed by atoms with Gasteiger partial charge in [0, 0.05) is 30.8 Å². The minimum atomic E-state index is -4.45. The third kappa shape index (κ3) is 6.56. The van der Waals surface area contributed by atoms with Gasteiger partial charge in [0.15, 0.2) is 0 Å². The molecule has 1 amide bonds. The largest absolute Gasteiger partial charge is 0.416 e. The molecule has 0 aliphatic carbocycles. The SMILES string of the molecule is CCCC(NC(=O)CCc1c(C)nc(N2CCOCC2)[nH]c1=O)c1cccc(C(F)(F)F)c1. The van der Waals surface area contributed by atoms with Gasteiger partial charge in [-0.15, -0.1) is 0 Å². The smallest absolute Gasteiger partial charge is 0.378 e. The fourth-order valence-electron chi connectivity index (χ4n) is 3.86. The summed E-state index contributed by atoms with van der Waals surface area (Å²) in [5.74, 6) is 0.156. The number of benzene rings is 1. The minimum Gasteiger partial charge on any atom is -0.378 e. The summed E-state index contributed by atoms with van der Waals surface area (Å²) < 4.78 is 44.5. The van der Waals surface area contributed by atoms with Gasteiger partial charge >= 0.3 is 6.18 Å². The fourth-order valence-corrected chi connectivity index (χ4v) is 3.86. The topological polar surface area (TPSA) is 87.3 Å². The number of H-pyrrole nitrogens is 1. The van der Waals surface area contributed by atoms with Crippen LogP contribution >= 0.6 is 0 Å². The first-order chi connectivity index (χ1) is 15.7. The Morgan fingerprint density at radius 3 is 2.67 bits per heavy atom. The molecule has 1 fully saturated rings. The molecule has 10 heteroatoms. The molecule has 1 saturated heterocycles. The number of hydrogen-bond acceptors (Lipinski definition) is 5. The normalized spacial score (nSPS) is 15.4. The van der Waals surface area contributed by atoms with Crippen molar-refractivity contribution in [2.45, 2.75) is 51.7 Å². The molecule has 2 aromatic rings. The Kier molecular flexibility index (Phi) is 8.12. The summed E-state index contributed by atoms with van der Waals surface area (Å²) in [6, 6.07) is 4.48. The van der Waals surface area contributed by atoms with Crippen molar-refractivity contribution in [3.05, 3.63) is 57.0 Å². The van der Waals surface area contributed by atoms with Crippen molar-refractivity contribution in [3.63, 3.8) is 0 Å². The molecule has 2 N–H and O–H groups in total. The molecule has 33 heavy (non-hydrogen) atoms. The summed E-state index contributed by atoms with van der Waals surface area (Å²) in [5.41, 5.74) is 0.346. The lowest BCUT2D eigenvalue weighted by atomic mass is 9.99. The zero-order valence-electron chi connectivity index (χ0n) is 18.8. The second-order valence-corrected chi connectivity index (χ2v) is 8.08. The highest BCUT2D eigenvalue weighted by Gasteiger charge is 2.31. The molecule has 0 spiro atoms. The highest BCUT2D eigenvalue weighted by molar-refractivity contribution is 5.76. The van der Waals surface area contributed by atoms with Crippen LogP contribution in [0.2, 0.25) is 0 Å². The zero-order valence-corrected chi connectivity index (χ0v) is 18.8. The van der Waals surface area contributed by atoms with E-state index in [0.717, 1.165) is 12.1 Å². The van der Waals surface area contributed by atoms with Crippen molar-refractivity contribution in [1.82, 2.24) is 15.3 Å². The van der Waals surface area contributed by atoms with E-state index < -0.39 is 17.8 Å². The number of aryl methyl sites for hydroxylation is 1. The van der Waals surface area contributed by atoms with Crippen LogP contribution in [0.5, 0.6) is 0 Å². The number of anilines is 1. The van der Waals surface area contributed by atoms with Crippen molar-refractivity contribution >= 4 is 11.9 Å². The molecular formula is C23H29F3N4O3. The maximum Gasteiger partial charge on any atom is 0.416 e. The van der Waals surface area contributed by atoms with Crippen LogP contribution in [0, 0.1) is 6.92 Å². The molecule has 7 nitrogen and oxygen atoms in total. The Labute approximate surface area is 190 Å². The highest BCUT2D eigenvalue weighted by Crippen LogP contribution is 2.31. The predicted octanol–water partition coefficient (Wildman–Crippen LogP) is 3.52. The van der Waals surface area contributed by atoms with E-state index in [-0.39, 0.29) is 24.3 Å². The van der Waals surface area contributed by atoms with Crippen molar-refractivity contribution in [3.8, 4) is 0 Å². The summed E-state index contributed by atoms with van der Waals surface area (Å²) in [7, 11) is 0. The zero-order chi connectivity index (χ0) is 24.0. The number of aromatic nitrogens is 2. The predicted molar refractivity (Wildman–Crippen MR) is 118 cm³/mol. The number of amides is 1. The van der Waals surface area contributed by atoms with Crippen LogP contribution in [0.4, 0.5) is 19.1 Å². The Morgan fingerprint density at radius 1 is 1.30 bits per heavy atom. The van der Waals surface area contributed by atoms with Gasteiger partial charge in [-0.05, 0) is 37.5 Å². The molecule has 1 unspecified atom stereocenters. The van der Waals surface area contributed by atoms with E-state index in [9.17, 15) is 22.8 Å². The van der Waals surface area contributed by atoms with Crippen molar-refractivity contribution < 1.29 is 22.7 Å². The molecule has 1 aromatic carbocycles. The van der Waals surface area contributed by atoms with E-state index in [1.807, 2.05) is 11.8 Å². The number of alkyl halides is 3. The fraction of sp³-hybridized carbons (Fsp3) is 0.522. The third-order valence-electron chi connectivity index (χ3n) is 5.65. The summed E-state index contributed by atoms with van der Waals surface area (Å²) in [6.07, 6.45) is -3.04. The van der Waals surface area contributed by atoms with Crippen LogP contribution in [0.1, 0.15) is 54.6 Å². The van der Waals surface area contributed by atoms with Gasteiger partial charge in [-0.25, -0.2) is 4.98 Å². The summed E-state index contributed by atoms with van der Waals surface area (Å²) in [6.45, 7) is 6.04. The monoisotopic (exact) mass is 466 g/mol. The number of carbonyl (C=O) groups is 1. The number of ether oxygens (including phenoxy) is 1. The first-order valence-corrected chi connectivity index (χ1v) is 11.1. The maximum atomic E-state index is 13.1. The number of nitrogens with zero attached hydrogens (tertiary/aromatic N) is 2. The van der Waals surface area contributed by atoms with Gasteiger partial charge in [0.1, 0.15) is 0 Å². The van der Waals surface area contributed by atoms with Crippen LogP contribution in [0.25, 0.3) is 0 Å². The lowest BCUT2D eigenvalue weighted by Gasteiger charge is -2.27. The van der Waals surface area contributed by atoms with Crippen molar-refractivity contribution in [2.24, 2.45) is 0 Å². The number of morpholine rings is 1. The molecule has 1 aromatic heterocycles. The van der Waals surface area contributed by atoms with E-state index in [2.05, 4.69) is 15.3 Å². The lowest BCUT2D eigenvalue weighted by molar-refractivity contribution is -0.137. The van der Waals surface area contributed by atoms with E-state index in [1.165, 1.54) is 6.07 Å². The molecule has 180 valence electrons. The molecule has 1 aliphatic heterocycles. The van der Waals surface area contributed by atoms with E-state index in [0.29, 0.717) is 61.9 Å². The van der Waals surface area contributed by atoms with Crippen LogP contribution in [-0.4, -0.2) is 42.2 Å². The van der Waals surface area contributed by atoms with Gasteiger partial charge in [0.25, 0.3) is 5.56 Å². The molecular weight excluding hydrogens is 437 g/mol. The average Bonchev–Trinajstić information content (AvgIpc) is 2.78. The summed E-state index contributed by atoms with van der Waals surface area (Å²) >= 11 is 0. The molecule has 0 bridgehead atoms. The van der Waals surface area contributed by atoms with Crippen molar-refractivity contribution in [1.29, 1.82) is 0 Å². The molecule has 0 radical (unpaired) electrons. The quantitative estimate of drug-likeness (QED) is 0.622. The lowest BCUT2D eigenvalue weighted by Crippen LogP contribution is -2.38. The number of halogens is 3. The van der Waals surface area contributed by atoms with E-state index >= 15 is 0 Å². The highest BCUT2D eigenvalue weighted by atomic mass is 19.4. The minimum absolute atomic E-state index is 0.0294. The molecule has 3 rings (SSSR count). The Balaban J connectivity index is 1.66. The Bertz CT molecular complexity index is 1020. The van der Waals surface area contributed by atoms with Crippen LogP contribution < -0.4 is 15.8 Å². The number of hydrogen-bond donors (Lipinski definition) is 2. The second-order valence-electron chi connectivity index (χ2n) is 8.08. The Morgan fingerprint density at radius 2 is 2.03 bits per heavy atom.